The first kappa shape index (κ1) is 26.1. The first-order valence-electron chi connectivity index (χ1n) is 13.0. The van der Waals surface area contributed by atoms with E-state index in [1.54, 1.807) is 11.0 Å². The van der Waals surface area contributed by atoms with Gasteiger partial charge in [-0.05, 0) is 41.3 Å². The lowest BCUT2D eigenvalue weighted by Gasteiger charge is -2.44. The number of halogens is 1. The minimum absolute atomic E-state index is 0.130. The van der Waals surface area contributed by atoms with E-state index in [1.807, 2.05) is 103 Å². The van der Waals surface area contributed by atoms with Crippen LogP contribution < -0.4 is 4.90 Å². The molecule has 4 aromatic carbocycles. The van der Waals surface area contributed by atoms with Gasteiger partial charge in [0.1, 0.15) is 5.54 Å². The van der Waals surface area contributed by atoms with Crippen molar-refractivity contribution in [3.8, 4) is 0 Å². The molecular formula is C33H30BrNO3. The van der Waals surface area contributed by atoms with Crippen LogP contribution in [0.2, 0.25) is 0 Å². The number of Topliss-reactive ketones (excluding diaryl/α,β-unsaturated/α-hetero) is 1. The molecule has 0 saturated carbocycles. The number of ketones is 1. The third-order valence-corrected chi connectivity index (χ3v) is 7.92. The van der Waals surface area contributed by atoms with Crippen LogP contribution in [0.15, 0.2) is 114 Å². The van der Waals surface area contributed by atoms with Crippen molar-refractivity contribution in [2.75, 3.05) is 4.90 Å². The Morgan fingerprint density at radius 3 is 1.79 bits per heavy atom. The van der Waals surface area contributed by atoms with E-state index >= 15 is 0 Å². The zero-order valence-corrected chi connectivity index (χ0v) is 22.9. The maximum absolute atomic E-state index is 14.7. The number of aliphatic hydroxyl groups is 1. The lowest BCUT2D eigenvalue weighted by Crippen LogP contribution is -2.55. The Morgan fingerprint density at radius 2 is 1.32 bits per heavy atom. The molecule has 0 saturated heterocycles. The van der Waals surface area contributed by atoms with Gasteiger partial charge in [0, 0.05) is 16.5 Å². The fourth-order valence-corrected chi connectivity index (χ4v) is 5.98. The second-order valence-corrected chi connectivity index (χ2v) is 10.6. The summed E-state index contributed by atoms with van der Waals surface area (Å²) in [6.45, 7) is 2.06. The number of hydrogen-bond acceptors (Lipinski definition) is 3. The molecular weight excluding hydrogens is 538 g/mol. The van der Waals surface area contributed by atoms with Crippen LogP contribution in [0.25, 0.3) is 0 Å². The number of benzene rings is 4. The van der Waals surface area contributed by atoms with Gasteiger partial charge in [-0.3, -0.25) is 14.5 Å². The normalized spacial score (nSPS) is 16.9. The van der Waals surface area contributed by atoms with E-state index in [0.29, 0.717) is 22.1 Å². The fourth-order valence-electron chi connectivity index (χ4n) is 5.62. The van der Waals surface area contributed by atoms with E-state index < -0.39 is 22.8 Å². The van der Waals surface area contributed by atoms with Crippen molar-refractivity contribution in [2.24, 2.45) is 0 Å². The van der Waals surface area contributed by atoms with Gasteiger partial charge in [0.05, 0.1) is 5.69 Å². The third-order valence-electron chi connectivity index (χ3n) is 7.42. The van der Waals surface area contributed by atoms with Gasteiger partial charge in [-0.15, -0.1) is 0 Å². The van der Waals surface area contributed by atoms with Crippen LogP contribution in [0.3, 0.4) is 0 Å². The van der Waals surface area contributed by atoms with Crippen LogP contribution in [-0.2, 0) is 20.7 Å². The molecule has 38 heavy (non-hydrogen) atoms. The molecule has 192 valence electrons. The van der Waals surface area contributed by atoms with Gasteiger partial charge in [-0.2, -0.15) is 0 Å². The van der Waals surface area contributed by atoms with E-state index in [0.717, 1.165) is 29.5 Å². The molecule has 0 bridgehead atoms. The van der Waals surface area contributed by atoms with Crippen molar-refractivity contribution in [3.05, 3.63) is 136 Å². The number of nitrogens with zero attached hydrogens (tertiary/aromatic N) is 1. The molecule has 1 aliphatic rings. The van der Waals surface area contributed by atoms with E-state index in [1.165, 1.54) is 0 Å². The zero-order chi connectivity index (χ0) is 26.8. The minimum atomic E-state index is -2.28. The van der Waals surface area contributed by atoms with Crippen molar-refractivity contribution in [1.82, 2.24) is 0 Å². The summed E-state index contributed by atoms with van der Waals surface area (Å²) in [6, 6.07) is 34.8. The van der Waals surface area contributed by atoms with Crippen molar-refractivity contribution >= 4 is 33.3 Å². The predicted octanol–water partition coefficient (Wildman–Crippen LogP) is 7.12. The molecule has 4 aromatic rings. The van der Waals surface area contributed by atoms with Gasteiger partial charge < -0.3 is 5.11 Å². The maximum atomic E-state index is 14.7. The number of carbonyl (C=O) groups is 2. The largest absolute Gasteiger partial charge is 0.369 e. The molecule has 0 spiro atoms. The molecule has 5 rings (SSSR count). The van der Waals surface area contributed by atoms with E-state index in [-0.39, 0.29) is 6.42 Å². The molecule has 1 N–H and O–H groups in total. The van der Waals surface area contributed by atoms with Gasteiger partial charge in [0.25, 0.3) is 5.91 Å². The van der Waals surface area contributed by atoms with Gasteiger partial charge in [0.15, 0.2) is 5.78 Å². The molecule has 0 fully saturated rings. The summed E-state index contributed by atoms with van der Waals surface area (Å²) in [5.41, 5.74) is -0.0489. The quantitative estimate of drug-likeness (QED) is 0.133. The minimum Gasteiger partial charge on any atom is -0.369 e. The van der Waals surface area contributed by atoms with E-state index in [4.69, 9.17) is 0 Å². The summed E-state index contributed by atoms with van der Waals surface area (Å²) in [5, 5.41) is 12.1. The molecule has 0 unspecified atom stereocenters. The monoisotopic (exact) mass is 567 g/mol. The van der Waals surface area contributed by atoms with Gasteiger partial charge in [0.2, 0.25) is 5.60 Å². The van der Waals surface area contributed by atoms with Crippen molar-refractivity contribution in [3.63, 3.8) is 0 Å². The number of fused-ring (bicyclic) bond motifs is 1. The van der Waals surface area contributed by atoms with Crippen LogP contribution in [0.4, 0.5) is 5.69 Å². The molecule has 4 nitrogen and oxygen atoms in total. The number of rotatable bonds is 9. The first-order chi connectivity index (χ1) is 18.5. The van der Waals surface area contributed by atoms with E-state index in [2.05, 4.69) is 22.9 Å². The highest BCUT2D eigenvalue weighted by Crippen LogP contribution is 2.53. The molecule has 0 aliphatic carbocycles. The number of anilines is 1. The number of hydrogen-bond donors (Lipinski definition) is 1. The second kappa shape index (κ2) is 10.7. The standard InChI is InChI=1S/C33H30BrNO3/c1-2-3-7-20-30(36)33(38)28-23-27(34)21-22-29(28)35(31(33)37)32(24-14-8-4-9-15-24,25-16-10-5-11-17-25)26-18-12-6-13-19-26/h4-6,8-19,21-23,38H,2-3,7,20H2,1H3/t33-/m1/s1. The van der Waals surface area contributed by atoms with Crippen molar-refractivity contribution in [2.45, 2.75) is 43.7 Å². The highest BCUT2D eigenvalue weighted by molar-refractivity contribution is 9.10. The lowest BCUT2D eigenvalue weighted by molar-refractivity contribution is -0.150. The zero-order valence-electron chi connectivity index (χ0n) is 21.3. The van der Waals surface area contributed by atoms with Crippen molar-refractivity contribution in [1.29, 1.82) is 0 Å². The third kappa shape index (κ3) is 4.11. The van der Waals surface area contributed by atoms with Crippen LogP contribution in [0.1, 0.15) is 54.9 Å². The molecule has 1 aliphatic heterocycles. The van der Waals surface area contributed by atoms with Crippen LogP contribution in [0, 0.1) is 0 Å². The van der Waals surface area contributed by atoms with E-state index in [9.17, 15) is 14.7 Å². The summed E-state index contributed by atoms with van der Waals surface area (Å²) in [6.07, 6.45) is 2.54. The predicted molar refractivity (Wildman–Crippen MR) is 154 cm³/mol. The Bertz CT molecular complexity index is 1340. The molecule has 0 radical (unpaired) electrons. The molecule has 1 amide bonds. The lowest BCUT2D eigenvalue weighted by atomic mass is 9.75. The summed E-state index contributed by atoms with van der Waals surface area (Å²) < 4.78 is 0.690. The Morgan fingerprint density at radius 1 is 0.816 bits per heavy atom. The summed E-state index contributed by atoms with van der Waals surface area (Å²) >= 11 is 3.50. The molecule has 1 atom stereocenters. The van der Waals surface area contributed by atoms with Crippen LogP contribution in [0.5, 0.6) is 0 Å². The number of amides is 1. The van der Waals surface area contributed by atoms with Gasteiger partial charge in [-0.25, -0.2) is 0 Å². The number of carbonyl (C=O) groups excluding carboxylic acids is 2. The van der Waals surface area contributed by atoms with Gasteiger partial charge in [-0.1, -0.05) is 127 Å². The average Bonchev–Trinajstić information content (AvgIpc) is 3.18. The van der Waals surface area contributed by atoms with Crippen LogP contribution >= 0.6 is 15.9 Å². The smallest absolute Gasteiger partial charge is 0.272 e. The molecule has 5 heteroatoms. The fraction of sp³-hybridized carbons (Fsp3) is 0.212. The average molecular weight is 569 g/mol. The maximum Gasteiger partial charge on any atom is 0.272 e. The Kier molecular flexibility index (Phi) is 7.33. The SMILES string of the molecule is CCCCCC(=O)[C@@]1(O)C(=O)N(C(c2ccccc2)(c2ccccc2)c2ccccc2)c2ccc(Br)cc21. The number of unbranched alkanes of at least 4 members (excludes halogenated alkanes) is 2. The Balaban J connectivity index is 1.84. The Hall–Kier alpha value is -3.54. The topological polar surface area (TPSA) is 57.6 Å². The highest BCUT2D eigenvalue weighted by Gasteiger charge is 2.60. The molecule has 1 heterocycles. The highest BCUT2D eigenvalue weighted by atomic mass is 79.9. The van der Waals surface area contributed by atoms with Gasteiger partial charge >= 0.3 is 0 Å². The second-order valence-electron chi connectivity index (χ2n) is 9.70. The Labute approximate surface area is 232 Å². The van der Waals surface area contributed by atoms with Crippen LogP contribution in [-0.4, -0.2) is 16.8 Å². The molecule has 0 aromatic heterocycles. The summed E-state index contributed by atoms with van der Waals surface area (Å²) in [5.74, 6) is -1.11. The first-order valence-corrected chi connectivity index (χ1v) is 13.8. The summed E-state index contributed by atoms with van der Waals surface area (Å²) in [7, 11) is 0. The summed E-state index contributed by atoms with van der Waals surface area (Å²) in [4.78, 5) is 30.0. The van der Waals surface area contributed by atoms with Crippen molar-refractivity contribution < 1.29 is 14.7 Å².